The summed E-state index contributed by atoms with van der Waals surface area (Å²) in [4.78, 5) is 12.8. The average Bonchev–Trinajstić information content (AvgIpc) is 3.06. The summed E-state index contributed by atoms with van der Waals surface area (Å²) in [6.07, 6.45) is 0.199. The Labute approximate surface area is 173 Å². The zero-order valence-corrected chi connectivity index (χ0v) is 17.3. The van der Waals surface area contributed by atoms with Gasteiger partial charge in [0, 0.05) is 32.6 Å². The summed E-state index contributed by atoms with van der Waals surface area (Å²) in [5.74, 6) is -7.81. The number of carbonyl (C=O) groups is 1. The highest BCUT2D eigenvalue weighted by Gasteiger charge is 2.83. The van der Waals surface area contributed by atoms with Crippen molar-refractivity contribution >= 4 is 37.5 Å². The molecule has 2 atom stereocenters. The van der Waals surface area contributed by atoms with E-state index in [1.54, 1.807) is 0 Å². The van der Waals surface area contributed by atoms with Gasteiger partial charge < -0.3 is 9.29 Å². The van der Waals surface area contributed by atoms with E-state index in [1.807, 2.05) is 0 Å². The van der Waals surface area contributed by atoms with E-state index < -0.39 is 86.1 Å². The van der Waals surface area contributed by atoms with E-state index in [0.29, 0.717) is 0 Å². The molecule has 20 heteroatoms. The molecule has 2 aliphatic rings. The Morgan fingerprint density at radius 1 is 1.00 bits per heavy atom. The fraction of sp³-hybridized carbons (Fsp3) is 0.909. The van der Waals surface area contributed by atoms with Crippen LogP contribution in [0.3, 0.4) is 0 Å². The molecule has 0 radical (unpaired) electrons. The van der Waals surface area contributed by atoms with Crippen molar-refractivity contribution in [1.82, 2.24) is 9.21 Å². The van der Waals surface area contributed by atoms with Gasteiger partial charge in [-0.3, -0.25) is 9.69 Å². The van der Waals surface area contributed by atoms with Crippen molar-refractivity contribution in [2.45, 2.75) is 28.9 Å². The van der Waals surface area contributed by atoms with Crippen molar-refractivity contribution in [2.75, 3.05) is 32.8 Å². The first-order valence-electron chi connectivity index (χ1n) is 7.98. The molecule has 2 aliphatic heterocycles. The van der Waals surface area contributed by atoms with Crippen LogP contribution in [0.1, 0.15) is 6.42 Å². The van der Waals surface area contributed by atoms with Crippen molar-refractivity contribution in [3.05, 3.63) is 0 Å². The maximum Gasteiger partial charge on any atom is 0.440 e. The van der Waals surface area contributed by atoms with Gasteiger partial charge in [-0.1, -0.05) is 0 Å². The summed E-state index contributed by atoms with van der Waals surface area (Å²) >= 11 is -4.38. The Morgan fingerprint density at radius 3 is 1.94 bits per heavy atom. The van der Waals surface area contributed by atoms with E-state index in [9.17, 15) is 56.7 Å². The number of rotatable bonds is 8. The van der Waals surface area contributed by atoms with Gasteiger partial charge in [0.05, 0.1) is 6.61 Å². The number of hydrogen-bond acceptors (Lipinski definition) is 10. The summed E-state index contributed by atoms with van der Waals surface area (Å²) in [5.41, 5.74) is 0. The molecule has 0 aliphatic carbocycles. The quantitative estimate of drug-likeness (QED) is 0.223. The molecular formula is C11H13F6N2O9S3-. The molecule has 0 spiro atoms. The minimum absolute atomic E-state index is 0.0477. The van der Waals surface area contributed by atoms with Gasteiger partial charge in [0.25, 0.3) is 10.0 Å². The number of nitrogens with zero attached hydrogens (tertiary/aromatic N) is 2. The van der Waals surface area contributed by atoms with Gasteiger partial charge in [0.15, 0.2) is 0 Å². The number of alkyl halides is 6. The average molecular weight is 527 g/mol. The van der Waals surface area contributed by atoms with E-state index in [2.05, 4.69) is 8.37 Å². The van der Waals surface area contributed by atoms with Crippen LogP contribution in [0.4, 0.5) is 26.3 Å². The number of cyclic esters (lactones) is 1. The third kappa shape index (κ3) is 4.29. The second kappa shape index (κ2) is 8.37. The standard InChI is InChI=1S/C11H14F6N2O9S3/c12-9(13,11(16,17)31(25,26)28-29(21)22)10(14,15)30(23,24)19-4-2-18(3-5-19)7-1-6-27-8(7)20/h7H,1-6H2,(H,21,22)/p-1. The number of piperazine rings is 1. The van der Waals surface area contributed by atoms with E-state index in [-0.39, 0.29) is 17.3 Å². The monoisotopic (exact) mass is 527 g/mol. The van der Waals surface area contributed by atoms with Crippen LogP contribution in [0.25, 0.3) is 0 Å². The summed E-state index contributed by atoms with van der Waals surface area (Å²) in [6, 6.07) is -0.827. The summed E-state index contributed by atoms with van der Waals surface area (Å²) < 4.78 is 157. The van der Waals surface area contributed by atoms with E-state index in [1.165, 1.54) is 4.90 Å². The van der Waals surface area contributed by atoms with Gasteiger partial charge in [-0.2, -0.15) is 42.7 Å². The Morgan fingerprint density at radius 2 is 1.52 bits per heavy atom. The number of halogens is 6. The largest absolute Gasteiger partial charge is 0.749 e. The fourth-order valence-electron chi connectivity index (χ4n) is 2.84. The number of hydrogen-bond donors (Lipinski definition) is 0. The molecule has 2 rings (SSSR count). The lowest BCUT2D eigenvalue weighted by Gasteiger charge is -2.39. The highest BCUT2D eigenvalue weighted by atomic mass is 32.3. The maximum atomic E-state index is 14.2. The molecule has 2 heterocycles. The summed E-state index contributed by atoms with van der Waals surface area (Å²) in [6.45, 7) is -2.64. The van der Waals surface area contributed by atoms with Gasteiger partial charge >= 0.3 is 32.5 Å². The molecule has 0 saturated carbocycles. The van der Waals surface area contributed by atoms with Crippen molar-refractivity contribution in [1.29, 1.82) is 0 Å². The molecule has 31 heavy (non-hydrogen) atoms. The van der Waals surface area contributed by atoms with Gasteiger partial charge in [0.1, 0.15) is 17.4 Å². The van der Waals surface area contributed by atoms with Crippen LogP contribution in [0.15, 0.2) is 0 Å². The number of esters is 1. The van der Waals surface area contributed by atoms with Crippen LogP contribution >= 0.6 is 0 Å². The lowest BCUT2D eigenvalue weighted by atomic mass is 10.2. The summed E-state index contributed by atoms with van der Waals surface area (Å²) in [5, 5.41) is -13.6. The Kier molecular flexibility index (Phi) is 7.08. The molecule has 2 saturated heterocycles. The molecule has 0 aromatic heterocycles. The minimum atomic E-state index is -7.24. The van der Waals surface area contributed by atoms with Crippen LogP contribution in [0, 0.1) is 0 Å². The maximum absolute atomic E-state index is 14.2. The second-order valence-electron chi connectivity index (χ2n) is 6.25. The van der Waals surface area contributed by atoms with Crippen molar-refractivity contribution in [3.63, 3.8) is 0 Å². The first kappa shape index (κ1) is 26.2. The zero-order valence-electron chi connectivity index (χ0n) is 14.9. The lowest BCUT2D eigenvalue weighted by molar-refractivity contribution is -0.246. The highest BCUT2D eigenvalue weighted by Crippen LogP contribution is 2.52. The lowest BCUT2D eigenvalue weighted by Crippen LogP contribution is -2.65. The zero-order chi connectivity index (χ0) is 24.0. The third-order valence-electron chi connectivity index (χ3n) is 4.48. The van der Waals surface area contributed by atoms with Crippen LogP contribution in [0.5, 0.6) is 0 Å². The van der Waals surface area contributed by atoms with Gasteiger partial charge in [0.2, 0.25) is 0 Å². The molecule has 0 bridgehead atoms. The van der Waals surface area contributed by atoms with Crippen LogP contribution in [-0.4, -0.2) is 96.0 Å². The number of sulfonamides is 1. The predicted molar refractivity (Wildman–Crippen MR) is 85.2 cm³/mol. The minimum Gasteiger partial charge on any atom is -0.749 e. The van der Waals surface area contributed by atoms with Crippen LogP contribution < -0.4 is 0 Å². The van der Waals surface area contributed by atoms with Gasteiger partial charge in [-0.05, 0) is 0 Å². The van der Waals surface area contributed by atoms with Gasteiger partial charge in [-0.15, -0.1) is 0 Å². The molecular weight excluding hydrogens is 514 g/mol. The molecule has 11 nitrogen and oxygen atoms in total. The Balaban J connectivity index is 2.28. The van der Waals surface area contributed by atoms with Crippen molar-refractivity contribution in [2.24, 2.45) is 0 Å². The van der Waals surface area contributed by atoms with E-state index >= 15 is 0 Å². The van der Waals surface area contributed by atoms with Crippen LogP contribution in [0.2, 0.25) is 0 Å². The topological polar surface area (TPSA) is 150 Å². The van der Waals surface area contributed by atoms with Crippen molar-refractivity contribution in [3.8, 4) is 0 Å². The van der Waals surface area contributed by atoms with Crippen LogP contribution in [-0.2, 0) is 44.7 Å². The number of carbonyl (C=O) groups excluding carboxylic acids is 1. The Bertz CT molecular complexity index is 950. The first-order chi connectivity index (χ1) is 13.9. The normalized spacial score (nSPS) is 24.2. The molecule has 0 N–H and O–H groups in total. The fourth-order valence-corrected chi connectivity index (χ4v) is 5.69. The van der Waals surface area contributed by atoms with Gasteiger partial charge in [-0.25, -0.2) is 12.6 Å². The summed E-state index contributed by atoms with van der Waals surface area (Å²) in [7, 11) is -13.8. The third-order valence-corrected chi connectivity index (χ3v) is 8.47. The second-order valence-corrected chi connectivity index (χ2v) is 10.6. The molecule has 2 unspecified atom stereocenters. The molecule has 0 aromatic carbocycles. The van der Waals surface area contributed by atoms with Crippen molar-refractivity contribution < 1.29 is 65.1 Å². The SMILES string of the molecule is O=C1OCCC1N1CCN(S(=O)(=O)C(F)(F)C(F)(F)C(F)(F)S(=O)(=O)OS(=O)[O-])CC1. The predicted octanol–water partition coefficient (Wildman–Crippen LogP) is -0.789. The van der Waals surface area contributed by atoms with E-state index in [4.69, 9.17) is 0 Å². The molecule has 2 fully saturated rings. The Hall–Kier alpha value is -1.06. The molecule has 182 valence electrons. The molecule has 0 amide bonds. The highest BCUT2D eigenvalue weighted by molar-refractivity contribution is 7.96. The number of ether oxygens (including phenoxy) is 1. The smallest absolute Gasteiger partial charge is 0.440 e. The van der Waals surface area contributed by atoms with E-state index in [0.717, 1.165) is 0 Å². The molecule has 0 aromatic rings. The first-order valence-corrected chi connectivity index (χ1v) is 11.8.